The van der Waals surface area contributed by atoms with Crippen molar-refractivity contribution in [2.45, 2.75) is 6.92 Å². The monoisotopic (exact) mass is 341 g/mol. The molecule has 0 fully saturated rings. The lowest BCUT2D eigenvalue weighted by molar-refractivity contribution is 1.20. The highest BCUT2D eigenvalue weighted by molar-refractivity contribution is 9.10. The van der Waals surface area contributed by atoms with E-state index in [1.165, 1.54) is 4.88 Å². The van der Waals surface area contributed by atoms with Crippen LogP contribution in [0, 0.1) is 6.92 Å². The topological polar surface area (TPSA) is 43.3 Å². The first kappa shape index (κ1) is 12.0. The molecular weight excluding hydrogens is 334 g/mol. The summed E-state index contributed by atoms with van der Waals surface area (Å²) >= 11 is 11.1. The highest BCUT2D eigenvalue weighted by Gasteiger charge is 2.14. The Kier molecular flexibility index (Phi) is 2.84. The minimum Gasteiger partial charge on any atom is -0.383 e. The van der Waals surface area contributed by atoms with Crippen molar-refractivity contribution < 1.29 is 0 Å². The first-order chi connectivity index (χ1) is 8.56. The largest absolute Gasteiger partial charge is 0.383 e. The van der Waals surface area contributed by atoms with Crippen LogP contribution in [0.4, 0.5) is 5.82 Å². The van der Waals surface area contributed by atoms with Crippen molar-refractivity contribution in [2.75, 3.05) is 5.73 Å². The minimum atomic E-state index is 0.612. The van der Waals surface area contributed by atoms with Crippen LogP contribution in [0.1, 0.15) is 4.88 Å². The number of rotatable bonds is 1. The maximum absolute atomic E-state index is 6.13. The van der Waals surface area contributed by atoms with E-state index < -0.39 is 0 Å². The van der Waals surface area contributed by atoms with E-state index in [0.29, 0.717) is 10.8 Å². The standard InChI is InChI=1S/C12H9BrClN3S/c1-6-8(13)4-9(18-6)11-12(15)17-5-7(14)2-3-10(17)16-11/h2-5H,15H2,1H3. The molecule has 3 rings (SSSR count). The van der Waals surface area contributed by atoms with Crippen LogP contribution in [-0.2, 0) is 0 Å². The molecule has 0 aromatic carbocycles. The third kappa shape index (κ3) is 1.83. The van der Waals surface area contributed by atoms with Crippen LogP contribution >= 0.6 is 38.9 Å². The fourth-order valence-electron chi connectivity index (χ4n) is 1.79. The Hall–Kier alpha value is -1.04. The van der Waals surface area contributed by atoms with Gasteiger partial charge < -0.3 is 5.73 Å². The van der Waals surface area contributed by atoms with Crippen LogP contribution in [0.5, 0.6) is 0 Å². The van der Waals surface area contributed by atoms with Gasteiger partial charge in [-0.25, -0.2) is 4.98 Å². The van der Waals surface area contributed by atoms with Crippen molar-refractivity contribution in [3.63, 3.8) is 0 Å². The van der Waals surface area contributed by atoms with E-state index >= 15 is 0 Å². The second-order valence-corrected chi connectivity index (χ2v) is 6.48. The summed E-state index contributed by atoms with van der Waals surface area (Å²) in [6.07, 6.45) is 1.78. The number of hydrogen-bond acceptors (Lipinski definition) is 3. The normalized spacial score (nSPS) is 11.3. The average molecular weight is 343 g/mol. The molecule has 3 nitrogen and oxygen atoms in total. The Morgan fingerprint density at radius 3 is 2.89 bits per heavy atom. The van der Waals surface area contributed by atoms with Gasteiger partial charge in [-0.05, 0) is 41.1 Å². The predicted molar refractivity (Wildman–Crippen MR) is 80.4 cm³/mol. The molecule has 0 atom stereocenters. The smallest absolute Gasteiger partial charge is 0.139 e. The summed E-state index contributed by atoms with van der Waals surface area (Å²) in [5.74, 6) is 0.612. The molecule has 0 spiro atoms. The molecule has 3 heterocycles. The molecule has 6 heteroatoms. The van der Waals surface area contributed by atoms with Gasteiger partial charge in [-0.3, -0.25) is 4.40 Å². The number of halogens is 2. The zero-order valence-electron chi connectivity index (χ0n) is 9.45. The summed E-state index contributed by atoms with van der Waals surface area (Å²) in [7, 11) is 0. The molecule has 0 aliphatic rings. The number of aryl methyl sites for hydroxylation is 1. The third-order valence-electron chi connectivity index (χ3n) is 2.71. The summed E-state index contributed by atoms with van der Waals surface area (Å²) in [6.45, 7) is 2.06. The van der Waals surface area contributed by atoms with Crippen LogP contribution in [-0.4, -0.2) is 9.38 Å². The number of nitrogen functional groups attached to an aromatic ring is 1. The Morgan fingerprint density at radius 1 is 1.44 bits per heavy atom. The number of hydrogen-bond donors (Lipinski definition) is 1. The zero-order chi connectivity index (χ0) is 12.9. The fourth-order valence-corrected chi connectivity index (χ4v) is 3.49. The molecule has 0 saturated heterocycles. The summed E-state index contributed by atoms with van der Waals surface area (Å²) in [6, 6.07) is 5.71. The van der Waals surface area contributed by atoms with Gasteiger partial charge in [-0.2, -0.15) is 0 Å². The molecule has 0 aliphatic carbocycles. The highest BCUT2D eigenvalue weighted by atomic mass is 79.9. The van der Waals surface area contributed by atoms with E-state index in [9.17, 15) is 0 Å². The number of nitrogens with two attached hydrogens (primary N) is 1. The Labute approximate surface area is 121 Å². The molecular formula is C12H9BrClN3S. The number of aromatic nitrogens is 2. The van der Waals surface area contributed by atoms with Crippen LogP contribution in [0.15, 0.2) is 28.9 Å². The highest BCUT2D eigenvalue weighted by Crippen LogP contribution is 2.36. The SMILES string of the molecule is Cc1sc(-c2nc3ccc(Cl)cn3c2N)cc1Br. The number of fused-ring (bicyclic) bond motifs is 1. The third-order valence-corrected chi connectivity index (χ3v) is 5.08. The fraction of sp³-hybridized carbons (Fsp3) is 0.0833. The quantitative estimate of drug-likeness (QED) is 0.713. The van der Waals surface area contributed by atoms with Crippen molar-refractivity contribution in [2.24, 2.45) is 0 Å². The van der Waals surface area contributed by atoms with Crippen LogP contribution in [0.3, 0.4) is 0 Å². The van der Waals surface area contributed by atoms with Crippen LogP contribution < -0.4 is 5.73 Å². The molecule has 0 bridgehead atoms. The van der Waals surface area contributed by atoms with Gasteiger partial charge in [0.05, 0.1) is 9.90 Å². The minimum absolute atomic E-state index is 0.612. The van der Waals surface area contributed by atoms with Gasteiger partial charge in [-0.1, -0.05) is 11.6 Å². The number of imidazole rings is 1. The lowest BCUT2D eigenvalue weighted by Crippen LogP contribution is -1.93. The van der Waals surface area contributed by atoms with Gasteiger partial charge in [0.15, 0.2) is 0 Å². The number of anilines is 1. The first-order valence-electron chi connectivity index (χ1n) is 5.25. The maximum Gasteiger partial charge on any atom is 0.139 e. The van der Waals surface area contributed by atoms with Gasteiger partial charge in [0, 0.05) is 15.5 Å². The number of thiophene rings is 1. The van der Waals surface area contributed by atoms with Gasteiger partial charge in [0.2, 0.25) is 0 Å². The molecule has 3 aromatic rings. The van der Waals surface area contributed by atoms with Gasteiger partial charge in [0.1, 0.15) is 17.2 Å². The number of pyridine rings is 1. The molecule has 2 N–H and O–H groups in total. The van der Waals surface area contributed by atoms with E-state index in [1.54, 1.807) is 21.9 Å². The van der Waals surface area contributed by atoms with Crippen molar-refractivity contribution in [1.82, 2.24) is 9.38 Å². The molecule has 0 unspecified atom stereocenters. The second kappa shape index (κ2) is 4.26. The molecule has 92 valence electrons. The average Bonchev–Trinajstić information content (AvgIpc) is 2.82. The Bertz CT molecular complexity index is 728. The zero-order valence-corrected chi connectivity index (χ0v) is 12.6. The molecule has 3 aromatic heterocycles. The molecule has 0 aliphatic heterocycles. The van der Waals surface area contributed by atoms with Crippen LogP contribution in [0.2, 0.25) is 5.02 Å². The van der Waals surface area contributed by atoms with Crippen molar-refractivity contribution in [1.29, 1.82) is 0 Å². The number of nitrogens with zero attached hydrogens (tertiary/aromatic N) is 2. The predicted octanol–water partition coefficient (Wildman–Crippen LogP) is 4.37. The van der Waals surface area contributed by atoms with Crippen LogP contribution in [0.25, 0.3) is 16.2 Å². The van der Waals surface area contributed by atoms with E-state index in [4.69, 9.17) is 17.3 Å². The summed E-state index contributed by atoms with van der Waals surface area (Å²) < 4.78 is 2.89. The molecule has 0 radical (unpaired) electrons. The molecule has 18 heavy (non-hydrogen) atoms. The molecule has 0 saturated carbocycles. The summed E-state index contributed by atoms with van der Waals surface area (Å²) in [4.78, 5) is 6.81. The Balaban J connectivity index is 2.26. The lowest BCUT2D eigenvalue weighted by atomic mass is 10.3. The van der Waals surface area contributed by atoms with Crippen molar-refractivity contribution in [3.05, 3.63) is 38.8 Å². The van der Waals surface area contributed by atoms with Gasteiger partial charge in [-0.15, -0.1) is 11.3 Å². The Morgan fingerprint density at radius 2 is 2.22 bits per heavy atom. The van der Waals surface area contributed by atoms with E-state index in [2.05, 4.69) is 27.8 Å². The lowest BCUT2D eigenvalue weighted by Gasteiger charge is -1.97. The van der Waals surface area contributed by atoms with Gasteiger partial charge in [0.25, 0.3) is 0 Å². The first-order valence-corrected chi connectivity index (χ1v) is 7.24. The maximum atomic E-state index is 6.13. The van der Waals surface area contributed by atoms with Crippen molar-refractivity contribution in [3.8, 4) is 10.6 Å². The molecule has 0 amide bonds. The van der Waals surface area contributed by atoms with E-state index in [1.807, 2.05) is 18.2 Å². The van der Waals surface area contributed by atoms with Crippen molar-refractivity contribution >= 4 is 50.3 Å². The summed E-state index contributed by atoms with van der Waals surface area (Å²) in [5.41, 5.74) is 7.73. The van der Waals surface area contributed by atoms with E-state index in [-0.39, 0.29) is 0 Å². The van der Waals surface area contributed by atoms with E-state index in [0.717, 1.165) is 20.7 Å². The summed E-state index contributed by atoms with van der Waals surface area (Å²) in [5, 5.41) is 0.640. The second-order valence-electron chi connectivity index (χ2n) is 3.94. The van der Waals surface area contributed by atoms with Gasteiger partial charge >= 0.3 is 0 Å².